The van der Waals surface area contributed by atoms with Crippen molar-refractivity contribution < 1.29 is 9.21 Å². The Hall–Kier alpha value is -2.41. The maximum absolute atomic E-state index is 12.7. The molecule has 1 amide bonds. The average molecular weight is 385 g/mol. The minimum Gasteiger partial charge on any atom is -0.443 e. The van der Waals surface area contributed by atoms with Crippen LogP contribution in [0.2, 0.25) is 0 Å². The van der Waals surface area contributed by atoms with Gasteiger partial charge in [-0.1, -0.05) is 6.07 Å². The second kappa shape index (κ2) is 7.68. The number of nitrogens with zero attached hydrogens (tertiary/aromatic N) is 3. The number of amides is 1. The van der Waals surface area contributed by atoms with Crippen molar-refractivity contribution in [1.29, 1.82) is 0 Å². The van der Waals surface area contributed by atoms with Gasteiger partial charge in [0.05, 0.1) is 11.3 Å². The number of fused-ring (bicyclic) bond motifs is 1. The molecule has 1 unspecified atom stereocenters. The van der Waals surface area contributed by atoms with Gasteiger partial charge in [0.15, 0.2) is 0 Å². The number of rotatable bonds is 5. The molecule has 1 fully saturated rings. The fraction of sp³-hybridized carbons (Fsp3) is 0.450. The van der Waals surface area contributed by atoms with Crippen LogP contribution < -0.4 is 10.2 Å². The molecule has 1 N–H and O–H groups in total. The topological polar surface area (TPSA) is 71.3 Å². The first-order valence-corrected chi connectivity index (χ1v) is 10.3. The third-order valence-electron chi connectivity index (χ3n) is 5.29. The molecule has 0 aliphatic carbocycles. The number of carbonyl (C=O) groups is 1. The molecule has 0 saturated carbocycles. The predicted octanol–water partition coefficient (Wildman–Crippen LogP) is 3.48. The molecule has 7 heteroatoms. The molecule has 4 heterocycles. The van der Waals surface area contributed by atoms with Crippen molar-refractivity contribution in [2.75, 3.05) is 24.5 Å². The zero-order valence-electron chi connectivity index (χ0n) is 15.7. The summed E-state index contributed by atoms with van der Waals surface area (Å²) in [5.74, 6) is 1.87. The molecular weight excluding hydrogens is 360 g/mol. The molecule has 1 aliphatic rings. The van der Waals surface area contributed by atoms with Gasteiger partial charge in [0.2, 0.25) is 11.6 Å². The monoisotopic (exact) mass is 384 g/mol. The van der Waals surface area contributed by atoms with E-state index in [0.29, 0.717) is 18.8 Å². The first kappa shape index (κ1) is 18.0. The highest BCUT2D eigenvalue weighted by molar-refractivity contribution is 7.09. The van der Waals surface area contributed by atoms with E-state index in [0.717, 1.165) is 48.3 Å². The highest BCUT2D eigenvalue weighted by atomic mass is 32.1. The van der Waals surface area contributed by atoms with Gasteiger partial charge in [-0.05, 0) is 44.6 Å². The first-order chi connectivity index (χ1) is 13.1. The van der Waals surface area contributed by atoms with Crippen LogP contribution in [0.4, 0.5) is 5.82 Å². The number of hydrogen-bond acceptors (Lipinski definition) is 6. The summed E-state index contributed by atoms with van der Waals surface area (Å²) in [7, 11) is 0. The molecule has 1 aliphatic heterocycles. The van der Waals surface area contributed by atoms with Crippen molar-refractivity contribution in [2.45, 2.75) is 33.1 Å². The van der Waals surface area contributed by atoms with Crippen molar-refractivity contribution in [3.8, 4) is 0 Å². The number of furan rings is 1. The Balaban J connectivity index is 1.44. The molecule has 0 bridgehead atoms. The molecule has 3 aromatic heterocycles. The third kappa shape index (κ3) is 3.69. The molecule has 0 radical (unpaired) electrons. The van der Waals surface area contributed by atoms with Crippen LogP contribution in [0.15, 0.2) is 28.3 Å². The molecule has 1 atom stereocenters. The lowest BCUT2D eigenvalue weighted by Gasteiger charge is -2.33. The van der Waals surface area contributed by atoms with Crippen LogP contribution in [0, 0.1) is 19.8 Å². The Bertz CT molecular complexity index is 935. The van der Waals surface area contributed by atoms with E-state index < -0.39 is 0 Å². The molecule has 142 valence electrons. The minimum absolute atomic E-state index is 0.0135. The molecule has 6 nitrogen and oxygen atoms in total. The number of nitrogens with one attached hydrogen (secondary N) is 1. The lowest BCUT2D eigenvalue weighted by atomic mass is 9.96. The molecule has 27 heavy (non-hydrogen) atoms. The zero-order chi connectivity index (χ0) is 18.8. The first-order valence-electron chi connectivity index (χ1n) is 9.39. The maximum atomic E-state index is 12.7. The van der Waals surface area contributed by atoms with Crippen LogP contribution in [0.3, 0.4) is 0 Å². The zero-order valence-corrected chi connectivity index (χ0v) is 16.5. The minimum atomic E-state index is -0.0135. The highest BCUT2D eigenvalue weighted by Crippen LogP contribution is 2.32. The fourth-order valence-corrected chi connectivity index (χ4v) is 4.40. The summed E-state index contributed by atoms with van der Waals surface area (Å²) in [6, 6.07) is 4.15. The Morgan fingerprint density at radius 3 is 3.11 bits per heavy atom. The van der Waals surface area contributed by atoms with Crippen LogP contribution in [-0.4, -0.2) is 35.5 Å². The van der Waals surface area contributed by atoms with E-state index in [4.69, 9.17) is 4.42 Å². The summed E-state index contributed by atoms with van der Waals surface area (Å²) in [5, 5.41) is 6.14. The second-order valence-electron chi connectivity index (χ2n) is 7.07. The lowest BCUT2D eigenvalue weighted by Crippen LogP contribution is -2.43. The summed E-state index contributed by atoms with van der Waals surface area (Å²) in [6.07, 6.45) is 4.33. The van der Waals surface area contributed by atoms with Gasteiger partial charge in [-0.25, -0.2) is 9.97 Å². The Morgan fingerprint density at radius 2 is 2.30 bits per heavy atom. The van der Waals surface area contributed by atoms with Crippen LogP contribution in [0.25, 0.3) is 11.1 Å². The smallest absolute Gasteiger partial charge is 0.231 e. The standard InChI is InChI=1S/C20H24N4O2S/c1-13-14(2)26-20-17(13)18(22-12-23-20)24-9-3-5-15(11-24)19(25)21-8-7-16-6-4-10-27-16/h4,6,10,12,15H,3,5,7-9,11H2,1-2H3,(H,21,25). The number of thiophene rings is 1. The number of carbonyl (C=O) groups excluding carboxylic acids is 1. The Labute approximate surface area is 162 Å². The van der Waals surface area contributed by atoms with Crippen LogP contribution in [-0.2, 0) is 11.2 Å². The summed E-state index contributed by atoms with van der Waals surface area (Å²) < 4.78 is 5.74. The SMILES string of the molecule is Cc1oc2ncnc(N3CCCC(C(=O)NCCc4cccs4)C3)c2c1C. The molecule has 3 aromatic rings. The lowest BCUT2D eigenvalue weighted by molar-refractivity contribution is -0.125. The number of hydrogen-bond donors (Lipinski definition) is 1. The summed E-state index contributed by atoms with van der Waals surface area (Å²) >= 11 is 1.73. The van der Waals surface area contributed by atoms with E-state index in [1.54, 1.807) is 17.7 Å². The van der Waals surface area contributed by atoms with Gasteiger partial charge in [0.25, 0.3) is 0 Å². The van der Waals surface area contributed by atoms with Gasteiger partial charge in [-0.3, -0.25) is 4.79 Å². The fourth-order valence-electron chi connectivity index (χ4n) is 3.70. The van der Waals surface area contributed by atoms with E-state index >= 15 is 0 Å². The molecule has 4 rings (SSSR count). The van der Waals surface area contributed by atoms with Crippen molar-refractivity contribution >= 4 is 34.2 Å². The van der Waals surface area contributed by atoms with Crippen LogP contribution in [0.5, 0.6) is 0 Å². The van der Waals surface area contributed by atoms with E-state index in [9.17, 15) is 4.79 Å². The summed E-state index contributed by atoms with van der Waals surface area (Å²) in [6.45, 7) is 6.25. The average Bonchev–Trinajstić information content (AvgIpc) is 3.30. The molecular formula is C20H24N4O2S. The van der Waals surface area contributed by atoms with Gasteiger partial charge < -0.3 is 14.6 Å². The van der Waals surface area contributed by atoms with Gasteiger partial charge in [0.1, 0.15) is 17.9 Å². The molecule has 0 spiro atoms. The van der Waals surface area contributed by atoms with E-state index in [1.807, 2.05) is 19.9 Å². The van der Waals surface area contributed by atoms with Crippen molar-refractivity contribution in [3.05, 3.63) is 40.0 Å². The number of aryl methyl sites for hydroxylation is 2. The van der Waals surface area contributed by atoms with E-state index in [1.165, 1.54) is 4.88 Å². The Kier molecular flexibility index (Phi) is 5.11. The van der Waals surface area contributed by atoms with E-state index in [2.05, 4.69) is 31.6 Å². The Morgan fingerprint density at radius 1 is 1.41 bits per heavy atom. The van der Waals surface area contributed by atoms with Crippen molar-refractivity contribution in [3.63, 3.8) is 0 Å². The number of piperidine rings is 1. The second-order valence-corrected chi connectivity index (χ2v) is 8.10. The van der Waals surface area contributed by atoms with Gasteiger partial charge in [-0.15, -0.1) is 11.3 Å². The van der Waals surface area contributed by atoms with Crippen LogP contribution in [0.1, 0.15) is 29.0 Å². The van der Waals surface area contributed by atoms with Crippen molar-refractivity contribution in [1.82, 2.24) is 15.3 Å². The van der Waals surface area contributed by atoms with Crippen LogP contribution >= 0.6 is 11.3 Å². The molecule has 1 saturated heterocycles. The normalized spacial score (nSPS) is 17.4. The maximum Gasteiger partial charge on any atom is 0.231 e. The number of anilines is 1. The highest BCUT2D eigenvalue weighted by Gasteiger charge is 2.28. The predicted molar refractivity (Wildman–Crippen MR) is 107 cm³/mol. The van der Waals surface area contributed by atoms with Gasteiger partial charge in [-0.2, -0.15) is 0 Å². The third-order valence-corrected chi connectivity index (χ3v) is 6.22. The van der Waals surface area contributed by atoms with E-state index in [-0.39, 0.29) is 11.8 Å². The molecule has 0 aromatic carbocycles. The quantitative estimate of drug-likeness (QED) is 0.729. The summed E-state index contributed by atoms with van der Waals surface area (Å²) in [4.78, 5) is 24.9. The van der Waals surface area contributed by atoms with Crippen molar-refractivity contribution in [2.24, 2.45) is 5.92 Å². The summed E-state index contributed by atoms with van der Waals surface area (Å²) in [5.41, 5.74) is 1.70. The van der Waals surface area contributed by atoms with Gasteiger partial charge >= 0.3 is 0 Å². The largest absolute Gasteiger partial charge is 0.443 e. The van der Waals surface area contributed by atoms with Gasteiger partial charge in [0, 0.05) is 30.1 Å². The number of aromatic nitrogens is 2.